The average molecular weight is 384 g/mol. The number of anilines is 1. The van der Waals surface area contributed by atoms with Gasteiger partial charge in [0.25, 0.3) is 5.69 Å². The van der Waals surface area contributed by atoms with Crippen LogP contribution in [0.3, 0.4) is 0 Å². The second-order valence-corrected chi connectivity index (χ2v) is 5.95. The number of hydrogen-bond acceptors (Lipinski definition) is 4. The lowest BCUT2D eigenvalue weighted by atomic mass is 10.1. The molecule has 1 atom stereocenters. The molecule has 25 heavy (non-hydrogen) atoms. The Bertz CT molecular complexity index is 819. The summed E-state index contributed by atoms with van der Waals surface area (Å²) in [6.07, 6.45) is 0. The molecule has 0 aliphatic rings. The van der Waals surface area contributed by atoms with Crippen molar-refractivity contribution < 1.29 is 14.1 Å². The highest BCUT2D eigenvalue weighted by Crippen LogP contribution is 2.27. The summed E-state index contributed by atoms with van der Waals surface area (Å²) in [4.78, 5) is 10.3. The summed E-state index contributed by atoms with van der Waals surface area (Å²) in [6, 6.07) is 8.27. The summed E-state index contributed by atoms with van der Waals surface area (Å²) in [5.74, 6) is -0.325. The molecule has 2 rings (SSSR count). The van der Waals surface area contributed by atoms with E-state index in [4.69, 9.17) is 28.6 Å². The Morgan fingerprint density at radius 2 is 2.08 bits per heavy atom. The summed E-state index contributed by atoms with van der Waals surface area (Å²) < 4.78 is 18.7. The number of non-ortho nitro benzene ring substituents is 1. The maximum Gasteiger partial charge on any atom is 0.271 e. The Labute approximate surface area is 154 Å². The molecule has 6 nitrogen and oxygen atoms in total. The molecule has 0 fully saturated rings. The third kappa shape index (κ3) is 4.77. The molecule has 0 aliphatic carbocycles. The fourth-order valence-corrected chi connectivity index (χ4v) is 2.56. The van der Waals surface area contributed by atoms with Gasteiger partial charge >= 0.3 is 0 Å². The molecule has 0 unspecified atom stereocenters. The summed E-state index contributed by atoms with van der Waals surface area (Å²) in [5.41, 5.74) is 0.856. The zero-order valence-corrected chi connectivity index (χ0v) is 15.0. The first-order chi connectivity index (χ1) is 11.8. The number of nitrogens with zero attached hydrogens (tertiary/aromatic N) is 1. The van der Waals surface area contributed by atoms with Gasteiger partial charge in [-0.1, -0.05) is 17.7 Å². The fraction of sp³-hybridized carbons (Fsp3) is 0.188. The van der Waals surface area contributed by atoms with Gasteiger partial charge in [-0.15, -0.1) is 0 Å². The van der Waals surface area contributed by atoms with Gasteiger partial charge < -0.3 is 15.4 Å². The van der Waals surface area contributed by atoms with Gasteiger partial charge in [0.1, 0.15) is 0 Å². The van der Waals surface area contributed by atoms with E-state index in [9.17, 15) is 14.5 Å². The molecule has 0 aliphatic heterocycles. The minimum Gasteiger partial charge on any atom is -0.494 e. The van der Waals surface area contributed by atoms with Crippen molar-refractivity contribution >= 4 is 40.3 Å². The number of methoxy groups -OCH3 is 1. The molecule has 132 valence electrons. The molecule has 0 spiro atoms. The Hall–Kier alpha value is -2.45. The average Bonchev–Trinajstić information content (AvgIpc) is 2.56. The highest BCUT2D eigenvalue weighted by atomic mass is 35.5. The smallest absolute Gasteiger partial charge is 0.271 e. The van der Waals surface area contributed by atoms with Gasteiger partial charge in [-0.3, -0.25) is 10.1 Å². The fourth-order valence-electron chi connectivity index (χ4n) is 2.11. The minimum atomic E-state index is -0.527. The van der Waals surface area contributed by atoms with Crippen molar-refractivity contribution in [3.05, 3.63) is 62.9 Å². The quantitative estimate of drug-likeness (QED) is 0.451. The van der Waals surface area contributed by atoms with Crippen LogP contribution in [-0.2, 0) is 0 Å². The van der Waals surface area contributed by atoms with Gasteiger partial charge in [-0.2, -0.15) is 0 Å². The normalized spacial score (nSPS) is 11.5. The number of thiocarbonyl (C=S) groups is 1. The number of hydrogen-bond donors (Lipinski definition) is 2. The van der Waals surface area contributed by atoms with Crippen LogP contribution in [0.25, 0.3) is 0 Å². The lowest BCUT2D eigenvalue weighted by Gasteiger charge is -2.18. The zero-order valence-electron chi connectivity index (χ0n) is 13.4. The number of nitro groups is 1. The molecular formula is C16H15ClFN3O3S. The molecule has 0 aromatic heterocycles. The Morgan fingerprint density at radius 3 is 2.68 bits per heavy atom. The van der Waals surface area contributed by atoms with E-state index in [2.05, 4.69) is 10.6 Å². The van der Waals surface area contributed by atoms with E-state index in [1.165, 1.54) is 37.4 Å². The summed E-state index contributed by atoms with van der Waals surface area (Å²) in [6.45, 7) is 1.80. The van der Waals surface area contributed by atoms with Gasteiger partial charge in [-0.25, -0.2) is 4.39 Å². The first-order valence-corrected chi connectivity index (χ1v) is 7.95. The van der Waals surface area contributed by atoms with Crippen LogP contribution in [0.1, 0.15) is 18.5 Å². The van der Waals surface area contributed by atoms with Gasteiger partial charge in [0.05, 0.1) is 28.8 Å². The molecule has 9 heteroatoms. The van der Waals surface area contributed by atoms with Crippen molar-refractivity contribution in [3.63, 3.8) is 0 Å². The van der Waals surface area contributed by atoms with E-state index >= 15 is 0 Å². The third-order valence-electron chi connectivity index (χ3n) is 3.43. The summed E-state index contributed by atoms with van der Waals surface area (Å²) in [7, 11) is 1.39. The Balaban J connectivity index is 2.08. The number of nitrogens with one attached hydrogen (secondary N) is 2. The molecule has 2 aromatic carbocycles. The number of halogens is 2. The van der Waals surface area contributed by atoms with Crippen LogP contribution in [0.5, 0.6) is 5.75 Å². The largest absolute Gasteiger partial charge is 0.494 e. The molecule has 0 amide bonds. The number of rotatable bonds is 5. The van der Waals surface area contributed by atoms with Gasteiger partial charge in [0.2, 0.25) is 0 Å². The predicted octanol–water partition coefficient (Wildman–Crippen LogP) is 4.44. The van der Waals surface area contributed by atoms with E-state index in [0.717, 1.165) is 0 Å². The topological polar surface area (TPSA) is 76.4 Å². The SMILES string of the molecule is COc1ccc([C@H](C)NC(=S)Nc2cc([N+](=O)[O-])ccc2Cl)cc1F. The highest BCUT2D eigenvalue weighted by Gasteiger charge is 2.13. The van der Waals surface area contributed by atoms with Crippen molar-refractivity contribution in [2.45, 2.75) is 13.0 Å². The first kappa shape index (κ1) is 18.9. The Morgan fingerprint density at radius 1 is 1.36 bits per heavy atom. The minimum absolute atomic E-state index is 0.111. The van der Waals surface area contributed by atoms with E-state index in [1.54, 1.807) is 13.0 Å². The van der Waals surface area contributed by atoms with Crippen molar-refractivity contribution in [2.75, 3.05) is 12.4 Å². The molecule has 0 radical (unpaired) electrons. The zero-order chi connectivity index (χ0) is 18.6. The van der Waals surface area contributed by atoms with Crippen molar-refractivity contribution in [3.8, 4) is 5.75 Å². The molecule has 0 heterocycles. The first-order valence-electron chi connectivity index (χ1n) is 7.16. The van der Waals surface area contributed by atoms with E-state index in [0.29, 0.717) is 11.3 Å². The lowest BCUT2D eigenvalue weighted by Crippen LogP contribution is -2.31. The van der Waals surface area contributed by atoms with Crippen LogP contribution in [-0.4, -0.2) is 17.1 Å². The van der Waals surface area contributed by atoms with Crippen LogP contribution in [0.4, 0.5) is 15.8 Å². The van der Waals surface area contributed by atoms with Crippen LogP contribution < -0.4 is 15.4 Å². The standard InChI is InChI=1S/C16H15ClFN3O3S/c1-9(10-3-6-15(24-2)13(18)7-10)19-16(25)20-14-8-11(21(22)23)4-5-12(14)17/h3-9H,1-2H3,(H2,19,20,25)/t9-/m0/s1. The highest BCUT2D eigenvalue weighted by molar-refractivity contribution is 7.80. The molecule has 0 saturated heterocycles. The maximum absolute atomic E-state index is 13.8. The van der Waals surface area contributed by atoms with Crippen LogP contribution >= 0.6 is 23.8 Å². The van der Waals surface area contributed by atoms with Gasteiger partial charge in [0, 0.05) is 12.1 Å². The maximum atomic E-state index is 13.8. The predicted molar refractivity (Wildman–Crippen MR) is 98.8 cm³/mol. The second kappa shape index (κ2) is 8.09. The van der Waals surface area contributed by atoms with Gasteiger partial charge in [-0.05, 0) is 42.9 Å². The van der Waals surface area contributed by atoms with Crippen molar-refractivity contribution in [1.82, 2.24) is 5.32 Å². The second-order valence-electron chi connectivity index (χ2n) is 5.14. The molecular weight excluding hydrogens is 369 g/mol. The molecule has 2 aromatic rings. The molecule has 0 bridgehead atoms. The lowest BCUT2D eigenvalue weighted by molar-refractivity contribution is -0.384. The number of nitro benzene ring substituents is 1. The van der Waals surface area contributed by atoms with Gasteiger partial charge in [0.15, 0.2) is 16.7 Å². The third-order valence-corrected chi connectivity index (χ3v) is 3.98. The summed E-state index contributed by atoms with van der Waals surface area (Å²) >= 11 is 11.2. The van der Waals surface area contributed by atoms with Crippen molar-refractivity contribution in [2.24, 2.45) is 0 Å². The molecule has 2 N–H and O–H groups in total. The van der Waals surface area contributed by atoms with E-state index in [1.807, 2.05) is 0 Å². The van der Waals surface area contributed by atoms with Crippen molar-refractivity contribution in [1.29, 1.82) is 0 Å². The number of ether oxygens (including phenoxy) is 1. The molecule has 0 saturated carbocycles. The monoisotopic (exact) mass is 383 g/mol. The Kier molecular flexibility index (Phi) is 6.11. The van der Waals surface area contributed by atoms with E-state index < -0.39 is 10.7 Å². The number of benzene rings is 2. The van der Waals surface area contributed by atoms with Crippen LogP contribution in [0, 0.1) is 15.9 Å². The van der Waals surface area contributed by atoms with Crippen LogP contribution in [0.15, 0.2) is 36.4 Å². The van der Waals surface area contributed by atoms with Crippen LogP contribution in [0.2, 0.25) is 5.02 Å². The summed E-state index contributed by atoms with van der Waals surface area (Å²) in [5, 5.41) is 17.1. The van der Waals surface area contributed by atoms with E-state index in [-0.39, 0.29) is 27.6 Å².